The van der Waals surface area contributed by atoms with Crippen molar-refractivity contribution in [1.82, 2.24) is 20.7 Å². The summed E-state index contributed by atoms with van der Waals surface area (Å²) in [6.45, 7) is 2.94. The van der Waals surface area contributed by atoms with Gasteiger partial charge in [-0.2, -0.15) is 0 Å². The van der Waals surface area contributed by atoms with E-state index < -0.39 is 5.91 Å². The lowest BCUT2D eigenvalue weighted by Crippen LogP contribution is -2.48. The van der Waals surface area contributed by atoms with Crippen molar-refractivity contribution in [3.63, 3.8) is 0 Å². The zero-order chi connectivity index (χ0) is 24.1. The molecule has 1 fully saturated rings. The predicted molar refractivity (Wildman–Crippen MR) is 129 cm³/mol. The average Bonchev–Trinajstić information content (AvgIpc) is 2.87. The van der Waals surface area contributed by atoms with Gasteiger partial charge in [-0.1, -0.05) is 41.9 Å². The molecule has 0 spiro atoms. The summed E-state index contributed by atoms with van der Waals surface area (Å²) in [5, 5.41) is 1.29. The van der Waals surface area contributed by atoms with Gasteiger partial charge in [-0.05, 0) is 44.0 Å². The van der Waals surface area contributed by atoms with E-state index in [-0.39, 0.29) is 17.9 Å². The van der Waals surface area contributed by atoms with Crippen molar-refractivity contribution in [2.75, 3.05) is 19.7 Å². The maximum atomic E-state index is 13.1. The van der Waals surface area contributed by atoms with Crippen molar-refractivity contribution in [1.29, 1.82) is 0 Å². The Morgan fingerprint density at radius 3 is 2.47 bits per heavy atom. The Morgan fingerprint density at radius 2 is 1.76 bits per heavy atom. The van der Waals surface area contributed by atoms with E-state index in [0.717, 1.165) is 5.56 Å². The van der Waals surface area contributed by atoms with Crippen LogP contribution >= 0.6 is 11.6 Å². The van der Waals surface area contributed by atoms with Crippen LogP contribution in [-0.4, -0.2) is 47.5 Å². The number of aromatic nitrogens is 1. The van der Waals surface area contributed by atoms with Crippen molar-refractivity contribution in [3.05, 3.63) is 65.2 Å². The van der Waals surface area contributed by atoms with Crippen molar-refractivity contribution >= 4 is 40.4 Å². The largest absolute Gasteiger partial charge is 0.450 e. The summed E-state index contributed by atoms with van der Waals surface area (Å²) in [6.07, 6.45) is 0.634. The van der Waals surface area contributed by atoms with Gasteiger partial charge in [0.25, 0.3) is 5.91 Å². The van der Waals surface area contributed by atoms with Crippen molar-refractivity contribution in [2.24, 2.45) is 5.92 Å². The van der Waals surface area contributed by atoms with E-state index in [2.05, 4.69) is 15.8 Å². The molecule has 0 radical (unpaired) electrons. The molecule has 9 heteroatoms. The number of likely N-dealkylation sites (tertiary alicyclic amines) is 1. The minimum absolute atomic E-state index is 0.284. The minimum atomic E-state index is -0.439. The fourth-order valence-corrected chi connectivity index (χ4v) is 4.08. The Hall–Kier alpha value is -3.65. The van der Waals surface area contributed by atoms with Gasteiger partial charge in [-0.3, -0.25) is 20.4 Å². The number of pyridine rings is 1. The molecule has 0 saturated carbocycles. The molecule has 0 bridgehead atoms. The third-order valence-corrected chi connectivity index (χ3v) is 6.04. The number of fused-ring (bicyclic) bond motifs is 1. The molecular weight excluding hydrogens is 456 g/mol. The molecule has 1 saturated heterocycles. The first-order valence-electron chi connectivity index (χ1n) is 11.1. The molecule has 34 heavy (non-hydrogen) atoms. The molecule has 2 heterocycles. The van der Waals surface area contributed by atoms with Crippen LogP contribution < -0.4 is 10.9 Å². The summed E-state index contributed by atoms with van der Waals surface area (Å²) in [5.74, 6) is -1.02. The molecule has 2 aromatic carbocycles. The second-order valence-corrected chi connectivity index (χ2v) is 8.42. The van der Waals surface area contributed by atoms with Crippen LogP contribution in [0.25, 0.3) is 22.2 Å². The maximum absolute atomic E-state index is 13.1. The number of carbonyl (C=O) groups excluding carboxylic acids is 3. The van der Waals surface area contributed by atoms with E-state index in [1.54, 1.807) is 30.0 Å². The van der Waals surface area contributed by atoms with E-state index in [4.69, 9.17) is 16.3 Å². The Bertz CT molecular complexity index is 1210. The summed E-state index contributed by atoms with van der Waals surface area (Å²) in [5.41, 5.74) is 7.58. The van der Waals surface area contributed by atoms with Crippen molar-refractivity contribution < 1.29 is 19.1 Å². The second kappa shape index (κ2) is 10.5. The van der Waals surface area contributed by atoms with Crippen LogP contribution in [-0.2, 0) is 9.53 Å². The highest BCUT2D eigenvalue weighted by molar-refractivity contribution is 6.30. The van der Waals surface area contributed by atoms with Gasteiger partial charge in [0.15, 0.2) is 0 Å². The van der Waals surface area contributed by atoms with Crippen LogP contribution in [0.3, 0.4) is 0 Å². The quantitative estimate of drug-likeness (QED) is 0.545. The molecule has 1 aromatic heterocycles. The summed E-state index contributed by atoms with van der Waals surface area (Å²) < 4.78 is 5.01. The number of hydrogen-bond acceptors (Lipinski definition) is 5. The molecule has 4 rings (SSSR count). The average molecular weight is 481 g/mol. The van der Waals surface area contributed by atoms with Crippen molar-refractivity contribution in [3.8, 4) is 11.3 Å². The van der Waals surface area contributed by atoms with Gasteiger partial charge < -0.3 is 9.64 Å². The molecule has 0 unspecified atom stereocenters. The highest BCUT2D eigenvalue weighted by atomic mass is 35.5. The van der Waals surface area contributed by atoms with Gasteiger partial charge >= 0.3 is 6.09 Å². The molecule has 0 atom stereocenters. The number of hydrazine groups is 1. The van der Waals surface area contributed by atoms with E-state index in [1.165, 1.54) is 0 Å². The molecule has 3 amide bonds. The summed E-state index contributed by atoms with van der Waals surface area (Å²) in [7, 11) is 0. The Kier molecular flexibility index (Phi) is 7.27. The number of piperidine rings is 1. The number of amides is 3. The summed E-state index contributed by atoms with van der Waals surface area (Å²) >= 11 is 6.00. The van der Waals surface area contributed by atoms with Gasteiger partial charge in [0.05, 0.1) is 23.4 Å². The topological polar surface area (TPSA) is 101 Å². The van der Waals surface area contributed by atoms with Crippen LogP contribution in [0.15, 0.2) is 54.6 Å². The third-order valence-electron chi connectivity index (χ3n) is 5.79. The number of ether oxygens (including phenoxy) is 1. The molecule has 2 N–H and O–H groups in total. The molecule has 1 aliphatic heterocycles. The summed E-state index contributed by atoms with van der Waals surface area (Å²) in [6, 6.07) is 16.2. The van der Waals surface area contributed by atoms with Gasteiger partial charge in [0.2, 0.25) is 5.91 Å². The molecular formula is C25H25ClN4O4. The zero-order valence-corrected chi connectivity index (χ0v) is 19.5. The molecule has 176 valence electrons. The lowest BCUT2D eigenvalue weighted by molar-refractivity contribution is -0.127. The third kappa shape index (κ3) is 5.28. The smallest absolute Gasteiger partial charge is 0.409 e. The van der Waals surface area contributed by atoms with Crippen LogP contribution in [0, 0.1) is 5.92 Å². The highest BCUT2D eigenvalue weighted by Crippen LogP contribution is 2.26. The first-order chi connectivity index (χ1) is 16.5. The van der Waals surface area contributed by atoms with Gasteiger partial charge in [-0.25, -0.2) is 9.78 Å². The number of hydrogen-bond donors (Lipinski definition) is 2. The fourth-order valence-electron chi connectivity index (χ4n) is 3.96. The van der Waals surface area contributed by atoms with Crippen LogP contribution in [0.1, 0.15) is 30.1 Å². The fraction of sp³-hybridized carbons (Fsp3) is 0.280. The van der Waals surface area contributed by atoms with Crippen LogP contribution in [0.5, 0.6) is 0 Å². The molecule has 1 aliphatic rings. The number of benzene rings is 2. The molecule has 0 aliphatic carbocycles. The predicted octanol–water partition coefficient (Wildman–Crippen LogP) is 4.18. The lowest BCUT2D eigenvalue weighted by Gasteiger charge is -2.30. The highest BCUT2D eigenvalue weighted by Gasteiger charge is 2.28. The standard InChI is InChI=1S/C25H25ClN4O4/c1-2-34-25(33)30-13-11-17(12-14-30)23(31)28-29-24(32)20-15-22(16-7-9-18(26)10-8-16)27-21-6-4-3-5-19(20)21/h3-10,15,17H,2,11-14H2,1H3,(H,28,31)(H,29,32). The number of nitrogens with one attached hydrogen (secondary N) is 2. The Morgan fingerprint density at radius 1 is 1.06 bits per heavy atom. The monoisotopic (exact) mass is 480 g/mol. The van der Waals surface area contributed by atoms with Gasteiger partial charge in [0.1, 0.15) is 0 Å². The van der Waals surface area contributed by atoms with E-state index in [0.29, 0.717) is 59.7 Å². The van der Waals surface area contributed by atoms with Gasteiger partial charge in [-0.15, -0.1) is 0 Å². The Labute approximate surface area is 202 Å². The molecule has 3 aromatic rings. The maximum Gasteiger partial charge on any atom is 0.409 e. The first-order valence-corrected chi connectivity index (χ1v) is 11.5. The lowest BCUT2D eigenvalue weighted by atomic mass is 9.96. The number of carbonyl (C=O) groups is 3. The Balaban J connectivity index is 1.45. The van der Waals surface area contributed by atoms with E-state index in [1.807, 2.05) is 36.4 Å². The number of rotatable bonds is 4. The minimum Gasteiger partial charge on any atom is -0.450 e. The van der Waals surface area contributed by atoms with E-state index >= 15 is 0 Å². The number of halogens is 1. The number of nitrogens with zero attached hydrogens (tertiary/aromatic N) is 2. The van der Waals surface area contributed by atoms with Crippen LogP contribution in [0.2, 0.25) is 5.02 Å². The van der Waals surface area contributed by atoms with Gasteiger partial charge in [0, 0.05) is 35.0 Å². The number of para-hydroxylation sites is 1. The summed E-state index contributed by atoms with van der Waals surface area (Å²) in [4.78, 5) is 43.8. The molecule has 8 nitrogen and oxygen atoms in total. The zero-order valence-electron chi connectivity index (χ0n) is 18.7. The second-order valence-electron chi connectivity index (χ2n) is 7.98. The SMILES string of the molecule is CCOC(=O)N1CCC(C(=O)NNC(=O)c2cc(-c3ccc(Cl)cc3)nc3ccccc23)CC1. The van der Waals surface area contributed by atoms with Crippen molar-refractivity contribution in [2.45, 2.75) is 19.8 Å². The normalized spacial score (nSPS) is 14.0. The van der Waals surface area contributed by atoms with Crippen LogP contribution in [0.4, 0.5) is 4.79 Å². The first kappa shape index (κ1) is 23.5. The van der Waals surface area contributed by atoms with E-state index in [9.17, 15) is 14.4 Å².